The highest BCUT2D eigenvalue weighted by Gasteiger charge is 2.31. The van der Waals surface area contributed by atoms with Crippen LogP contribution in [0.3, 0.4) is 0 Å². The van der Waals surface area contributed by atoms with Crippen LogP contribution in [0.2, 0.25) is 0 Å². The van der Waals surface area contributed by atoms with Gasteiger partial charge in [0.05, 0.1) is 11.0 Å². The molecule has 0 bridgehead atoms. The van der Waals surface area contributed by atoms with E-state index < -0.39 is 0 Å². The quantitative estimate of drug-likeness (QED) is 0.931. The molecule has 2 aliphatic heterocycles. The molecule has 1 aromatic heterocycles. The number of aromatic nitrogens is 2. The van der Waals surface area contributed by atoms with Gasteiger partial charge in [0.25, 0.3) is 0 Å². The van der Waals surface area contributed by atoms with Gasteiger partial charge in [-0.25, -0.2) is 4.79 Å². The van der Waals surface area contributed by atoms with Crippen molar-refractivity contribution in [3.05, 3.63) is 34.7 Å². The Bertz CT molecular complexity index is 801. The molecule has 1 amide bonds. The van der Waals surface area contributed by atoms with Gasteiger partial charge in [-0.15, -0.1) is 0 Å². The third kappa shape index (κ3) is 2.65. The van der Waals surface area contributed by atoms with E-state index in [0.29, 0.717) is 12.5 Å². The van der Waals surface area contributed by atoms with Gasteiger partial charge in [-0.3, -0.25) is 9.36 Å². The SMILES string of the molecule is CN1C(=O)CCC1CN1CCC(n2c(=O)[nH]c3ccccc32)CC1. The van der Waals surface area contributed by atoms with Crippen LogP contribution in [0, 0.1) is 0 Å². The number of H-pyrrole nitrogens is 1. The highest BCUT2D eigenvalue weighted by Crippen LogP contribution is 2.26. The van der Waals surface area contributed by atoms with Crippen LogP contribution in [0.4, 0.5) is 0 Å². The van der Waals surface area contributed by atoms with E-state index >= 15 is 0 Å². The van der Waals surface area contributed by atoms with Crippen molar-refractivity contribution in [2.45, 2.75) is 37.8 Å². The number of hydrogen-bond donors (Lipinski definition) is 1. The average Bonchev–Trinajstić information content (AvgIpc) is 3.09. The van der Waals surface area contributed by atoms with Gasteiger partial charge in [-0.05, 0) is 31.4 Å². The lowest BCUT2D eigenvalue weighted by Gasteiger charge is -2.35. The summed E-state index contributed by atoms with van der Waals surface area (Å²) >= 11 is 0. The summed E-state index contributed by atoms with van der Waals surface area (Å²) < 4.78 is 1.93. The molecule has 1 aromatic carbocycles. The molecule has 1 atom stereocenters. The summed E-state index contributed by atoms with van der Waals surface area (Å²) in [7, 11) is 1.91. The lowest BCUT2D eigenvalue weighted by molar-refractivity contribution is -0.127. The number of imidazole rings is 1. The summed E-state index contributed by atoms with van der Waals surface area (Å²) in [6.45, 7) is 2.92. The zero-order chi connectivity index (χ0) is 16.7. The lowest BCUT2D eigenvalue weighted by atomic mass is 10.0. The average molecular weight is 328 g/mol. The van der Waals surface area contributed by atoms with Crippen molar-refractivity contribution in [3.8, 4) is 0 Å². The molecule has 6 heteroatoms. The largest absolute Gasteiger partial charge is 0.341 e. The predicted molar refractivity (Wildman–Crippen MR) is 93.1 cm³/mol. The number of nitrogens with one attached hydrogen (secondary N) is 1. The third-order valence-electron chi connectivity index (χ3n) is 5.65. The van der Waals surface area contributed by atoms with Gasteiger partial charge in [0.15, 0.2) is 0 Å². The maximum absolute atomic E-state index is 12.3. The van der Waals surface area contributed by atoms with Crippen molar-refractivity contribution in [1.29, 1.82) is 0 Å². The number of fused-ring (bicyclic) bond motifs is 1. The normalized spacial score (nSPS) is 23.5. The Morgan fingerprint density at radius 3 is 2.58 bits per heavy atom. The molecule has 2 saturated heterocycles. The molecule has 1 unspecified atom stereocenters. The summed E-state index contributed by atoms with van der Waals surface area (Å²) in [5.74, 6) is 0.264. The molecule has 0 spiro atoms. The van der Waals surface area contributed by atoms with Crippen LogP contribution < -0.4 is 5.69 Å². The minimum atomic E-state index is -0.00391. The number of carbonyl (C=O) groups excluding carboxylic acids is 1. The zero-order valence-corrected chi connectivity index (χ0v) is 14.1. The minimum absolute atomic E-state index is 0.00391. The fourth-order valence-corrected chi connectivity index (χ4v) is 4.17. The van der Waals surface area contributed by atoms with Gasteiger partial charge in [0.2, 0.25) is 5.91 Å². The van der Waals surface area contributed by atoms with Crippen LogP contribution in [0.1, 0.15) is 31.7 Å². The number of benzene rings is 1. The number of para-hydroxylation sites is 2. The van der Waals surface area contributed by atoms with E-state index in [1.54, 1.807) is 0 Å². The molecule has 128 valence electrons. The summed E-state index contributed by atoms with van der Waals surface area (Å²) in [5, 5.41) is 0. The van der Waals surface area contributed by atoms with E-state index in [1.807, 2.05) is 40.8 Å². The first kappa shape index (κ1) is 15.4. The van der Waals surface area contributed by atoms with Crippen molar-refractivity contribution in [1.82, 2.24) is 19.4 Å². The molecule has 2 aliphatic rings. The number of likely N-dealkylation sites (N-methyl/N-ethyl adjacent to an activating group) is 1. The Labute approximate surface area is 141 Å². The predicted octanol–water partition coefficient (Wildman–Crippen LogP) is 1.59. The second kappa shape index (κ2) is 6.09. The Morgan fingerprint density at radius 1 is 1.12 bits per heavy atom. The second-order valence-electron chi connectivity index (χ2n) is 7.05. The Kier molecular flexibility index (Phi) is 3.92. The van der Waals surface area contributed by atoms with Gasteiger partial charge < -0.3 is 14.8 Å². The van der Waals surface area contributed by atoms with Crippen LogP contribution in [0.25, 0.3) is 11.0 Å². The Hall–Kier alpha value is -2.08. The van der Waals surface area contributed by atoms with Crippen molar-refractivity contribution >= 4 is 16.9 Å². The molecule has 1 N–H and O–H groups in total. The maximum Gasteiger partial charge on any atom is 0.326 e. The molecule has 0 radical (unpaired) electrons. The van der Waals surface area contributed by atoms with E-state index in [4.69, 9.17) is 0 Å². The van der Waals surface area contributed by atoms with Gasteiger partial charge in [-0.2, -0.15) is 0 Å². The molecule has 3 heterocycles. The van der Waals surface area contributed by atoms with Crippen molar-refractivity contribution in [3.63, 3.8) is 0 Å². The number of rotatable bonds is 3. The number of amides is 1. The van der Waals surface area contributed by atoms with Gasteiger partial charge in [-0.1, -0.05) is 12.1 Å². The highest BCUT2D eigenvalue weighted by molar-refractivity contribution is 5.78. The van der Waals surface area contributed by atoms with Crippen molar-refractivity contribution < 1.29 is 4.79 Å². The molecule has 2 aromatic rings. The molecule has 0 aliphatic carbocycles. The monoisotopic (exact) mass is 328 g/mol. The van der Waals surface area contributed by atoms with E-state index in [-0.39, 0.29) is 17.6 Å². The second-order valence-corrected chi connectivity index (χ2v) is 7.05. The van der Waals surface area contributed by atoms with E-state index in [9.17, 15) is 9.59 Å². The molecule has 0 saturated carbocycles. The zero-order valence-electron chi connectivity index (χ0n) is 14.1. The van der Waals surface area contributed by atoms with Gasteiger partial charge in [0, 0.05) is 45.2 Å². The smallest absolute Gasteiger partial charge is 0.326 e. The van der Waals surface area contributed by atoms with Crippen LogP contribution >= 0.6 is 0 Å². The van der Waals surface area contributed by atoms with Gasteiger partial charge >= 0.3 is 5.69 Å². The third-order valence-corrected chi connectivity index (χ3v) is 5.65. The first-order valence-corrected chi connectivity index (χ1v) is 8.81. The topological polar surface area (TPSA) is 61.3 Å². The van der Waals surface area contributed by atoms with Gasteiger partial charge in [0.1, 0.15) is 0 Å². The number of nitrogens with zero attached hydrogens (tertiary/aromatic N) is 3. The first-order chi connectivity index (χ1) is 11.6. The minimum Gasteiger partial charge on any atom is -0.341 e. The number of carbonyl (C=O) groups is 1. The maximum atomic E-state index is 12.3. The molecule has 6 nitrogen and oxygen atoms in total. The molecular formula is C18H24N4O2. The van der Waals surface area contributed by atoms with Crippen LogP contribution in [0.5, 0.6) is 0 Å². The summed E-state index contributed by atoms with van der Waals surface area (Å²) in [6, 6.07) is 8.50. The highest BCUT2D eigenvalue weighted by atomic mass is 16.2. The van der Waals surface area contributed by atoms with Crippen LogP contribution in [0.15, 0.2) is 29.1 Å². The lowest BCUT2D eigenvalue weighted by Crippen LogP contribution is -2.44. The van der Waals surface area contributed by atoms with E-state index in [0.717, 1.165) is 49.9 Å². The number of likely N-dealkylation sites (tertiary alicyclic amines) is 2. The Morgan fingerprint density at radius 2 is 1.88 bits per heavy atom. The summed E-state index contributed by atoms with van der Waals surface area (Å²) in [4.78, 5) is 31.3. The molecule has 2 fully saturated rings. The molecular weight excluding hydrogens is 304 g/mol. The Balaban J connectivity index is 1.43. The fourth-order valence-electron chi connectivity index (χ4n) is 4.17. The summed E-state index contributed by atoms with van der Waals surface area (Å²) in [6.07, 6.45) is 3.61. The molecule has 4 rings (SSSR count). The number of piperidine rings is 1. The standard InChI is InChI=1S/C18H24N4O2/c1-20-14(6-7-17(20)23)12-21-10-8-13(9-11-21)22-16-5-3-2-4-15(16)19-18(22)24/h2-5,13-14H,6-12H2,1H3,(H,19,24). The first-order valence-electron chi connectivity index (χ1n) is 8.81. The fraction of sp³-hybridized carbons (Fsp3) is 0.556. The summed E-state index contributed by atoms with van der Waals surface area (Å²) in [5.41, 5.74) is 1.91. The van der Waals surface area contributed by atoms with Crippen molar-refractivity contribution in [2.24, 2.45) is 0 Å². The number of hydrogen-bond acceptors (Lipinski definition) is 3. The molecule has 24 heavy (non-hydrogen) atoms. The number of aromatic amines is 1. The van der Waals surface area contributed by atoms with E-state index in [1.165, 1.54) is 0 Å². The van der Waals surface area contributed by atoms with Crippen LogP contribution in [-0.4, -0.2) is 58.0 Å². The van der Waals surface area contributed by atoms with E-state index in [2.05, 4.69) is 9.88 Å². The van der Waals surface area contributed by atoms with Crippen molar-refractivity contribution in [2.75, 3.05) is 26.7 Å². The van der Waals surface area contributed by atoms with Crippen LogP contribution in [-0.2, 0) is 4.79 Å².